The number of thiophene rings is 2. The van der Waals surface area contributed by atoms with Gasteiger partial charge < -0.3 is 5.32 Å². The molecule has 0 spiro atoms. The minimum atomic E-state index is 0.0464. The summed E-state index contributed by atoms with van der Waals surface area (Å²) in [6.07, 6.45) is 6.44. The molecular weight excluding hydrogens is 454 g/mol. The van der Waals surface area contributed by atoms with Gasteiger partial charge in [-0.05, 0) is 54.7 Å². The summed E-state index contributed by atoms with van der Waals surface area (Å²) in [5.74, 6) is 1.30. The van der Waals surface area contributed by atoms with Crippen LogP contribution < -0.4 is 5.32 Å². The Labute approximate surface area is 200 Å². The summed E-state index contributed by atoms with van der Waals surface area (Å²) in [5, 5.41) is 7.24. The van der Waals surface area contributed by atoms with Gasteiger partial charge in [-0.25, -0.2) is 9.97 Å². The van der Waals surface area contributed by atoms with E-state index in [9.17, 15) is 4.79 Å². The van der Waals surface area contributed by atoms with Crippen molar-refractivity contribution in [3.05, 3.63) is 74.6 Å². The number of carbonyl (C=O) groups excluding carboxylic acids is 1. The number of nitrogens with zero attached hydrogens (tertiary/aromatic N) is 2. The first-order chi connectivity index (χ1) is 15.8. The van der Waals surface area contributed by atoms with Crippen LogP contribution in [0.3, 0.4) is 0 Å². The lowest BCUT2D eigenvalue weighted by Crippen LogP contribution is -2.24. The monoisotopic (exact) mass is 479 g/mol. The van der Waals surface area contributed by atoms with E-state index in [-0.39, 0.29) is 5.91 Å². The quantitative estimate of drug-likeness (QED) is 0.255. The first-order valence-corrected chi connectivity index (χ1v) is 13.7. The molecule has 1 N–H and O–H groups in total. The van der Waals surface area contributed by atoms with Crippen LogP contribution in [0, 0.1) is 0 Å². The second-order valence-corrected chi connectivity index (χ2v) is 11.0. The van der Waals surface area contributed by atoms with Gasteiger partial charge in [-0.15, -0.1) is 22.7 Å². The highest BCUT2D eigenvalue weighted by molar-refractivity contribution is 8.00. The van der Waals surface area contributed by atoms with E-state index in [4.69, 9.17) is 9.97 Å². The number of amides is 1. The zero-order valence-electron chi connectivity index (χ0n) is 17.8. The molecule has 1 aliphatic rings. The molecular formula is C25H25N3OS3. The first-order valence-electron chi connectivity index (χ1n) is 11.0. The van der Waals surface area contributed by atoms with Gasteiger partial charge in [0.1, 0.15) is 15.7 Å². The van der Waals surface area contributed by atoms with Gasteiger partial charge in [0.2, 0.25) is 5.91 Å². The molecule has 7 heteroatoms. The number of thioether (sulfide) groups is 1. The topological polar surface area (TPSA) is 54.9 Å². The summed E-state index contributed by atoms with van der Waals surface area (Å²) >= 11 is 5.05. The number of carbonyl (C=O) groups is 1. The zero-order chi connectivity index (χ0) is 21.8. The molecule has 0 atom stereocenters. The number of nitrogens with one attached hydrogen (secondary N) is 1. The molecule has 4 aromatic rings. The van der Waals surface area contributed by atoms with E-state index >= 15 is 0 Å². The van der Waals surface area contributed by atoms with Crippen molar-refractivity contribution in [2.45, 2.75) is 50.1 Å². The number of aromatic nitrogens is 2. The van der Waals surface area contributed by atoms with E-state index in [2.05, 4.69) is 29.6 Å². The Bertz CT molecular complexity index is 1200. The Kier molecular flexibility index (Phi) is 6.86. The standard InChI is InChI=1S/C25H25N3OS3/c29-22(26-15-18-9-6-14-30-18)16-31-24-23-19-10-4-5-11-20(19)32-25(23)28-21(27-24)13-12-17-7-2-1-3-8-17/h1-3,6-9,14H,4-5,10-13,15-16H2,(H,26,29). The molecule has 1 aliphatic carbocycles. The second kappa shape index (κ2) is 10.1. The predicted octanol–water partition coefficient (Wildman–Crippen LogP) is 5.83. The summed E-state index contributed by atoms with van der Waals surface area (Å²) in [4.78, 5) is 26.1. The van der Waals surface area contributed by atoms with Crippen LogP contribution in [0.25, 0.3) is 10.2 Å². The Balaban J connectivity index is 1.36. The lowest BCUT2D eigenvalue weighted by Gasteiger charge is -2.12. The zero-order valence-corrected chi connectivity index (χ0v) is 20.3. The van der Waals surface area contributed by atoms with Gasteiger partial charge in [-0.3, -0.25) is 4.79 Å². The highest BCUT2D eigenvalue weighted by atomic mass is 32.2. The van der Waals surface area contributed by atoms with Crippen LogP contribution in [0.5, 0.6) is 0 Å². The van der Waals surface area contributed by atoms with Crippen LogP contribution in [-0.4, -0.2) is 21.6 Å². The summed E-state index contributed by atoms with van der Waals surface area (Å²) in [6, 6.07) is 14.5. The molecule has 0 unspecified atom stereocenters. The molecule has 0 bridgehead atoms. The molecule has 1 aromatic carbocycles. The third-order valence-electron chi connectivity index (χ3n) is 5.69. The molecule has 0 radical (unpaired) electrons. The Morgan fingerprint density at radius 1 is 1.03 bits per heavy atom. The largest absolute Gasteiger partial charge is 0.350 e. The maximum Gasteiger partial charge on any atom is 0.230 e. The van der Waals surface area contributed by atoms with E-state index in [1.807, 2.05) is 34.9 Å². The minimum Gasteiger partial charge on any atom is -0.350 e. The molecule has 0 fully saturated rings. The highest BCUT2D eigenvalue weighted by Crippen LogP contribution is 2.39. The van der Waals surface area contributed by atoms with Gasteiger partial charge in [-0.2, -0.15) is 0 Å². The lowest BCUT2D eigenvalue weighted by atomic mass is 9.97. The van der Waals surface area contributed by atoms with Gasteiger partial charge in [-0.1, -0.05) is 48.2 Å². The van der Waals surface area contributed by atoms with Gasteiger partial charge in [0.25, 0.3) is 0 Å². The molecule has 5 rings (SSSR count). The molecule has 3 heterocycles. The number of rotatable bonds is 8. The Hall–Kier alpha value is -2.22. The lowest BCUT2D eigenvalue weighted by molar-refractivity contribution is -0.118. The van der Waals surface area contributed by atoms with Crippen molar-refractivity contribution >= 4 is 50.6 Å². The molecule has 0 saturated heterocycles. The van der Waals surface area contributed by atoms with Crippen molar-refractivity contribution in [1.29, 1.82) is 0 Å². The predicted molar refractivity (Wildman–Crippen MR) is 135 cm³/mol. The number of aryl methyl sites for hydroxylation is 4. The average molecular weight is 480 g/mol. The average Bonchev–Trinajstić information content (AvgIpc) is 3.48. The van der Waals surface area contributed by atoms with Crippen molar-refractivity contribution in [2.75, 3.05) is 5.75 Å². The van der Waals surface area contributed by atoms with E-state index in [0.29, 0.717) is 12.3 Å². The SMILES string of the molecule is O=C(CSc1nc(CCc2ccccc2)nc2sc3c(c12)CCCC3)NCc1cccs1. The molecule has 1 amide bonds. The molecule has 4 nitrogen and oxygen atoms in total. The summed E-state index contributed by atoms with van der Waals surface area (Å²) in [6.45, 7) is 0.590. The second-order valence-electron chi connectivity index (χ2n) is 7.97. The molecule has 0 saturated carbocycles. The Morgan fingerprint density at radius 3 is 2.75 bits per heavy atom. The summed E-state index contributed by atoms with van der Waals surface area (Å²) < 4.78 is 0. The maximum atomic E-state index is 12.5. The van der Waals surface area contributed by atoms with Gasteiger partial charge in [0.15, 0.2) is 0 Å². The van der Waals surface area contributed by atoms with E-state index in [0.717, 1.165) is 41.4 Å². The van der Waals surface area contributed by atoms with Gasteiger partial charge in [0.05, 0.1) is 12.3 Å². The summed E-state index contributed by atoms with van der Waals surface area (Å²) in [5.41, 5.74) is 2.72. The fraction of sp³-hybridized carbons (Fsp3) is 0.320. The smallest absolute Gasteiger partial charge is 0.230 e. The number of fused-ring (bicyclic) bond motifs is 3. The fourth-order valence-corrected chi connectivity index (χ4v) is 6.96. The fourth-order valence-electron chi connectivity index (χ4n) is 4.07. The van der Waals surface area contributed by atoms with Gasteiger partial charge >= 0.3 is 0 Å². The van der Waals surface area contributed by atoms with E-state index in [1.54, 1.807) is 23.1 Å². The third kappa shape index (κ3) is 5.05. The summed E-state index contributed by atoms with van der Waals surface area (Å²) in [7, 11) is 0. The molecule has 164 valence electrons. The Morgan fingerprint density at radius 2 is 1.91 bits per heavy atom. The van der Waals surface area contributed by atoms with Crippen LogP contribution in [-0.2, 0) is 37.0 Å². The van der Waals surface area contributed by atoms with E-state index < -0.39 is 0 Å². The van der Waals surface area contributed by atoms with Crippen molar-refractivity contribution in [2.24, 2.45) is 0 Å². The molecule has 32 heavy (non-hydrogen) atoms. The minimum absolute atomic E-state index is 0.0464. The maximum absolute atomic E-state index is 12.5. The van der Waals surface area contributed by atoms with Crippen LogP contribution in [0.1, 0.15) is 39.5 Å². The van der Waals surface area contributed by atoms with Crippen molar-refractivity contribution < 1.29 is 4.79 Å². The number of hydrogen-bond acceptors (Lipinski definition) is 6. The molecule has 0 aliphatic heterocycles. The first kappa shape index (κ1) is 21.6. The van der Waals surface area contributed by atoms with Crippen molar-refractivity contribution in [3.8, 4) is 0 Å². The van der Waals surface area contributed by atoms with Crippen molar-refractivity contribution in [1.82, 2.24) is 15.3 Å². The van der Waals surface area contributed by atoms with Crippen LogP contribution in [0.15, 0.2) is 52.9 Å². The van der Waals surface area contributed by atoms with E-state index in [1.165, 1.54) is 39.1 Å². The molecule has 3 aromatic heterocycles. The van der Waals surface area contributed by atoms with Crippen molar-refractivity contribution in [3.63, 3.8) is 0 Å². The number of hydrogen-bond donors (Lipinski definition) is 1. The number of benzene rings is 1. The van der Waals surface area contributed by atoms with Crippen LogP contribution in [0.2, 0.25) is 0 Å². The van der Waals surface area contributed by atoms with Gasteiger partial charge in [0, 0.05) is 21.6 Å². The van der Waals surface area contributed by atoms with Crippen LogP contribution >= 0.6 is 34.4 Å². The normalized spacial score (nSPS) is 13.2. The third-order valence-corrected chi connectivity index (χ3v) is 8.73. The highest BCUT2D eigenvalue weighted by Gasteiger charge is 2.22. The van der Waals surface area contributed by atoms with Crippen LogP contribution in [0.4, 0.5) is 0 Å².